The molecule has 4 heteroatoms. The Morgan fingerprint density at radius 2 is 1.79 bits per heavy atom. The Hall–Kier alpha value is -2.04. The number of methoxy groups -OCH3 is 1. The summed E-state index contributed by atoms with van der Waals surface area (Å²) in [5.41, 5.74) is 8.33. The van der Waals surface area contributed by atoms with Crippen molar-refractivity contribution < 1.29 is 9.47 Å². The topological polar surface area (TPSA) is 47.7 Å². The highest BCUT2D eigenvalue weighted by Crippen LogP contribution is 2.33. The number of rotatable bonds is 6. The predicted molar refractivity (Wildman–Crippen MR) is 96.3 cm³/mol. The molecule has 0 radical (unpaired) electrons. The number of para-hydroxylation sites is 1. The SMILES string of the molecule is COc1cccc(CN2CCC(N)CC2)c1OCc1ccccc1. The van der Waals surface area contributed by atoms with Crippen molar-refractivity contribution >= 4 is 0 Å². The number of ether oxygens (including phenoxy) is 2. The Kier molecular flexibility index (Phi) is 5.72. The fourth-order valence-electron chi connectivity index (χ4n) is 3.09. The van der Waals surface area contributed by atoms with Crippen LogP contribution in [0.25, 0.3) is 0 Å². The first-order valence-corrected chi connectivity index (χ1v) is 8.57. The van der Waals surface area contributed by atoms with Crippen molar-refractivity contribution in [2.75, 3.05) is 20.2 Å². The molecule has 1 saturated heterocycles. The van der Waals surface area contributed by atoms with E-state index in [2.05, 4.69) is 23.1 Å². The molecule has 0 atom stereocenters. The molecule has 4 nitrogen and oxygen atoms in total. The molecule has 0 aliphatic carbocycles. The van der Waals surface area contributed by atoms with Gasteiger partial charge in [0, 0.05) is 18.2 Å². The Balaban J connectivity index is 1.73. The van der Waals surface area contributed by atoms with Crippen LogP contribution in [0.2, 0.25) is 0 Å². The number of piperidine rings is 1. The third-order valence-electron chi connectivity index (χ3n) is 4.53. The molecule has 2 N–H and O–H groups in total. The molecule has 1 aliphatic heterocycles. The van der Waals surface area contributed by atoms with E-state index in [0.29, 0.717) is 12.6 Å². The van der Waals surface area contributed by atoms with Gasteiger partial charge in [0.25, 0.3) is 0 Å². The van der Waals surface area contributed by atoms with Gasteiger partial charge in [-0.05, 0) is 37.6 Å². The van der Waals surface area contributed by atoms with Crippen LogP contribution in [-0.2, 0) is 13.2 Å². The van der Waals surface area contributed by atoms with E-state index in [1.807, 2.05) is 30.3 Å². The van der Waals surface area contributed by atoms with Crippen LogP contribution in [0.3, 0.4) is 0 Å². The van der Waals surface area contributed by atoms with Crippen molar-refractivity contribution in [1.29, 1.82) is 0 Å². The van der Waals surface area contributed by atoms with Gasteiger partial charge in [0.05, 0.1) is 7.11 Å². The number of hydrogen-bond donors (Lipinski definition) is 1. The van der Waals surface area contributed by atoms with E-state index in [1.54, 1.807) is 7.11 Å². The summed E-state index contributed by atoms with van der Waals surface area (Å²) in [5.74, 6) is 1.64. The summed E-state index contributed by atoms with van der Waals surface area (Å²) in [4.78, 5) is 2.44. The molecule has 0 unspecified atom stereocenters. The van der Waals surface area contributed by atoms with Gasteiger partial charge < -0.3 is 15.2 Å². The second-order valence-electron chi connectivity index (χ2n) is 6.34. The average Bonchev–Trinajstić information content (AvgIpc) is 2.63. The second kappa shape index (κ2) is 8.18. The fraction of sp³-hybridized carbons (Fsp3) is 0.400. The van der Waals surface area contributed by atoms with E-state index in [4.69, 9.17) is 15.2 Å². The van der Waals surface area contributed by atoms with Crippen LogP contribution >= 0.6 is 0 Å². The van der Waals surface area contributed by atoms with Gasteiger partial charge in [-0.15, -0.1) is 0 Å². The van der Waals surface area contributed by atoms with Gasteiger partial charge in [-0.2, -0.15) is 0 Å². The Morgan fingerprint density at radius 1 is 1.04 bits per heavy atom. The van der Waals surface area contributed by atoms with E-state index in [9.17, 15) is 0 Å². The summed E-state index contributed by atoms with van der Waals surface area (Å²) in [5, 5.41) is 0. The lowest BCUT2D eigenvalue weighted by Crippen LogP contribution is -2.39. The van der Waals surface area contributed by atoms with Crippen LogP contribution in [0, 0.1) is 0 Å². The zero-order valence-electron chi connectivity index (χ0n) is 14.3. The van der Waals surface area contributed by atoms with E-state index in [0.717, 1.165) is 49.5 Å². The lowest BCUT2D eigenvalue weighted by atomic mass is 10.0. The minimum atomic E-state index is 0.348. The Labute approximate surface area is 144 Å². The maximum atomic E-state index is 6.13. The molecule has 2 aromatic carbocycles. The van der Waals surface area contributed by atoms with E-state index < -0.39 is 0 Å². The van der Waals surface area contributed by atoms with Crippen LogP contribution in [0.4, 0.5) is 0 Å². The highest BCUT2D eigenvalue weighted by Gasteiger charge is 2.19. The predicted octanol–water partition coefficient (Wildman–Crippen LogP) is 3.20. The largest absolute Gasteiger partial charge is 0.493 e. The van der Waals surface area contributed by atoms with Gasteiger partial charge in [-0.25, -0.2) is 0 Å². The molecule has 2 aromatic rings. The van der Waals surface area contributed by atoms with Crippen LogP contribution in [0.5, 0.6) is 11.5 Å². The standard InChI is InChI=1S/C20H26N2O2/c1-23-19-9-5-8-17(14-22-12-10-18(21)11-13-22)20(19)24-15-16-6-3-2-4-7-16/h2-9,18H,10-15,21H2,1H3. The maximum Gasteiger partial charge on any atom is 0.166 e. The summed E-state index contributed by atoms with van der Waals surface area (Å²) < 4.78 is 11.6. The number of nitrogens with two attached hydrogens (primary N) is 1. The highest BCUT2D eigenvalue weighted by atomic mass is 16.5. The van der Waals surface area contributed by atoms with Gasteiger partial charge >= 0.3 is 0 Å². The molecule has 1 aliphatic rings. The van der Waals surface area contributed by atoms with Crippen molar-refractivity contribution in [3.05, 3.63) is 59.7 Å². The average molecular weight is 326 g/mol. The van der Waals surface area contributed by atoms with Crippen LogP contribution in [0.15, 0.2) is 48.5 Å². The summed E-state index contributed by atoms with van der Waals surface area (Å²) >= 11 is 0. The second-order valence-corrected chi connectivity index (χ2v) is 6.34. The van der Waals surface area contributed by atoms with Gasteiger partial charge in [0.15, 0.2) is 11.5 Å². The minimum Gasteiger partial charge on any atom is -0.493 e. The first kappa shape index (κ1) is 16.8. The van der Waals surface area contributed by atoms with Gasteiger partial charge in [0.2, 0.25) is 0 Å². The molecule has 0 aromatic heterocycles. The minimum absolute atomic E-state index is 0.348. The lowest BCUT2D eigenvalue weighted by molar-refractivity contribution is 0.200. The molecule has 1 fully saturated rings. The summed E-state index contributed by atoms with van der Waals surface area (Å²) in [6.45, 7) is 3.49. The van der Waals surface area contributed by atoms with E-state index >= 15 is 0 Å². The number of hydrogen-bond acceptors (Lipinski definition) is 4. The summed E-state index contributed by atoms with van der Waals surface area (Å²) in [6.07, 6.45) is 2.12. The molecule has 1 heterocycles. The molecule has 24 heavy (non-hydrogen) atoms. The molecule has 0 saturated carbocycles. The van der Waals surface area contributed by atoms with E-state index in [-0.39, 0.29) is 0 Å². The van der Waals surface area contributed by atoms with Crippen molar-refractivity contribution in [2.45, 2.75) is 32.0 Å². The molecule has 0 spiro atoms. The van der Waals surface area contributed by atoms with Gasteiger partial charge in [-0.3, -0.25) is 4.90 Å². The quantitative estimate of drug-likeness (QED) is 0.885. The zero-order chi connectivity index (χ0) is 16.8. The van der Waals surface area contributed by atoms with Crippen LogP contribution in [0.1, 0.15) is 24.0 Å². The van der Waals surface area contributed by atoms with E-state index in [1.165, 1.54) is 5.56 Å². The maximum absolute atomic E-state index is 6.13. The summed E-state index contributed by atoms with van der Waals surface area (Å²) in [6, 6.07) is 16.7. The molecule has 0 amide bonds. The Morgan fingerprint density at radius 3 is 2.50 bits per heavy atom. The van der Waals surface area contributed by atoms with Crippen molar-refractivity contribution in [2.24, 2.45) is 5.73 Å². The van der Waals surface area contributed by atoms with Gasteiger partial charge in [0.1, 0.15) is 6.61 Å². The lowest BCUT2D eigenvalue weighted by Gasteiger charge is -2.30. The third kappa shape index (κ3) is 4.28. The number of nitrogens with zero attached hydrogens (tertiary/aromatic N) is 1. The molecular formula is C20H26N2O2. The van der Waals surface area contributed by atoms with Gasteiger partial charge in [-0.1, -0.05) is 42.5 Å². The highest BCUT2D eigenvalue weighted by molar-refractivity contribution is 5.46. The summed E-state index contributed by atoms with van der Waals surface area (Å²) in [7, 11) is 1.69. The van der Waals surface area contributed by atoms with Crippen molar-refractivity contribution in [3.8, 4) is 11.5 Å². The Bertz CT molecular complexity index is 637. The smallest absolute Gasteiger partial charge is 0.166 e. The van der Waals surface area contributed by atoms with Crippen LogP contribution in [-0.4, -0.2) is 31.1 Å². The molecule has 3 rings (SSSR count). The normalized spacial score (nSPS) is 16.1. The fourth-order valence-corrected chi connectivity index (χ4v) is 3.09. The van der Waals surface area contributed by atoms with Crippen molar-refractivity contribution in [1.82, 2.24) is 4.90 Å². The number of benzene rings is 2. The zero-order valence-corrected chi connectivity index (χ0v) is 14.3. The first-order valence-electron chi connectivity index (χ1n) is 8.57. The van der Waals surface area contributed by atoms with Crippen molar-refractivity contribution in [3.63, 3.8) is 0 Å². The molecule has 128 valence electrons. The number of likely N-dealkylation sites (tertiary alicyclic amines) is 1. The molecular weight excluding hydrogens is 300 g/mol. The van der Waals surface area contributed by atoms with Crippen LogP contribution < -0.4 is 15.2 Å². The molecule has 0 bridgehead atoms. The monoisotopic (exact) mass is 326 g/mol. The first-order chi connectivity index (χ1) is 11.8. The third-order valence-corrected chi connectivity index (χ3v) is 4.53.